The van der Waals surface area contributed by atoms with Gasteiger partial charge in [0.1, 0.15) is 6.54 Å². The Morgan fingerprint density at radius 2 is 1.72 bits per heavy atom. The maximum absolute atomic E-state index is 12.6. The van der Waals surface area contributed by atoms with Crippen molar-refractivity contribution < 1.29 is 14.3 Å². The van der Waals surface area contributed by atoms with Crippen molar-refractivity contribution in [3.8, 4) is 0 Å². The molecule has 2 N–H and O–H groups in total. The zero-order valence-electron chi connectivity index (χ0n) is 16.2. The number of hydrogen-bond acceptors (Lipinski definition) is 4. The molecule has 0 atom stereocenters. The van der Waals surface area contributed by atoms with Crippen molar-refractivity contribution in [1.29, 1.82) is 0 Å². The zero-order chi connectivity index (χ0) is 18.9. The van der Waals surface area contributed by atoms with Gasteiger partial charge >= 0.3 is 0 Å². The minimum Gasteiger partial charge on any atom is -0.383 e. The summed E-state index contributed by atoms with van der Waals surface area (Å²) in [4.78, 5) is 31.9. The summed E-state index contributed by atoms with van der Waals surface area (Å²) in [7, 11) is 8.62. The SMILES string of the molecule is COCCNC(=NCC(=O)N(C)C)NCC1(C(=O)N(C)C)CCCC1. The number of hydrogen-bond donors (Lipinski definition) is 2. The largest absolute Gasteiger partial charge is 0.383 e. The zero-order valence-corrected chi connectivity index (χ0v) is 16.2. The Balaban J connectivity index is 2.76. The number of nitrogens with one attached hydrogen (secondary N) is 2. The summed E-state index contributed by atoms with van der Waals surface area (Å²) < 4.78 is 5.04. The standard InChI is InChI=1S/C17H33N5O3/c1-21(2)14(23)12-19-16(18-10-11-25-5)20-13-17(8-6-7-9-17)15(24)22(3)4/h6-13H2,1-5H3,(H2,18,19,20). The number of likely N-dealkylation sites (N-methyl/N-ethyl adjacent to an activating group) is 1. The third-order valence-corrected chi connectivity index (χ3v) is 4.48. The third-order valence-electron chi connectivity index (χ3n) is 4.48. The van der Waals surface area contributed by atoms with Gasteiger partial charge in [-0.25, -0.2) is 4.99 Å². The molecule has 1 aliphatic carbocycles. The van der Waals surface area contributed by atoms with Gasteiger partial charge in [0.2, 0.25) is 11.8 Å². The van der Waals surface area contributed by atoms with Crippen LogP contribution >= 0.6 is 0 Å². The average molecular weight is 355 g/mol. The highest BCUT2D eigenvalue weighted by Gasteiger charge is 2.42. The average Bonchev–Trinajstić information content (AvgIpc) is 3.05. The quantitative estimate of drug-likeness (QED) is 0.361. The fourth-order valence-corrected chi connectivity index (χ4v) is 2.98. The van der Waals surface area contributed by atoms with Crippen molar-refractivity contribution in [1.82, 2.24) is 20.4 Å². The maximum Gasteiger partial charge on any atom is 0.243 e. The summed E-state index contributed by atoms with van der Waals surface area (Å²) in [6.07, 6.45) is 3.87. The number of ether oxygens (including phenoxy) is 1. The Morgan fingerprint density at radius 3 is 2.24 bits per heavy atom. The van der Waals surface area contributed by atoms with Crippen LogP contribution in [0.1, 0.15) is 25.7 Å². The maximum atomic E-state index is 12.6. The molecule has 0 heterocycles. The van der Waals surface area contributed by atoms with E-state index in [4.69, 9.17) is 4.74 Å². The predicted octanol–water partition coefficient (Wildman–Crippen LogP) is -0.0952. The van der Waals surface area contributed by atoms with E-state index >= 15 is 0 Å². The van der Waals surface area contributed by atoms with Crippen LogP contribution in [0.25, 0.3) is 0 Å². The van der Waals surface area contributed by atoms with E-state index in [9.17, 15) is 9.59 Å². The van der Waals surface area contributed by atoms with Crippen molar-refractivity contribution in [3.63, 3.8) is 0 Å². The van der Waals surface area contributed by atoms with E-state index in [2.05, 4.69) is 15.6 Å². The minimum atomic E-state index is -0.390. The van der Waals surface area contributed by atoms with E-state index in [1.807, 2.05) is 0 Å². The molecule has 0 aliphatic heterocycles. The number of aliphatic imine (C=N–C) groups is 1. The van der Waals surface area contributed by atoms with Gasteiger partial charge in [0.25, 0.3) is 0 Å². The first kappa shape index (κ1) is 21.2. The van der Waals surface area contributed by atoms with Gasteiger partial charge in [-0.15, -0.1) is 0 Å². The van der Waals surface area contributed by atoms with Crippen LogP contribution in [-0.2, 0) is 14.3 Å². The summed E-state index contributed by atoms with van der Waals surface area (Å²) in [5.74, 6) is 0.607. The van der Waals surface area contributed by atoms with E-state index < -0.39 is 5.41 Å². The molecule has 1 saturated carbocycles. The second kappa shape index (κ2) is 10.2. The lowest BCUT2D eigenvalue weighted by atomic mass is 9.84. The molecular formula is C17H33N5O3. The number of nitrogens with zero attached hydrogens (tertiary/aromatic N) is 3. The summed E-state index contributed by atoms with van der Waals surface area (Å²) in [5.41, 5.74) is -0.390. The minimum absolute atomic E-state index is 0.0595. The smallest absolute Gasteiger partial charge is 0.243 e. The first-order chi connectivity index (χ1) is 11.8. The van der Waals surface area contributed by atoms with Crippen LogP contribution in [0, 0.1) is 5.41 Å². The van der Waals surface area contributed by atoms with Gasteiger partial charge in [0, 0.05) is 48.4 Å². The van der Waals surface area contributed by atoms with Gasteiger partial charge in [-0.3, -0.25) is 9.59 Å². The molecule has 0 aromatic rings. The molecule has 25 heavy (non-hydrogen) atoms. The molecule has 0 spiro atoms. The topological polar surface area (TPSA) is 86.3 Å². The molecular weight excluding hydrogens is 322 g/mol. The van der Waals surface area contributed by atoms with E-state index in [1.54, 1.807) is 40.2 Å². The van der Waals surface area contributed by atoms with Gasteiger partial charge in [0.05, 0.1) is 12.0 Å². The molecule has 0 aromatic heterocycles. The lowest BCUT2D eigenvalue weighted by Gasteiger charge is -2.31. The molecule has 0 unspecified atom stereocenters. The van der Waals surface area contributed by atoms with Crippen LogP contribution in [0.15, 0.2) is 4.99 Å². The summed E-state index contributed by atoms with van der Waals surface area (Å²) >= 11 is 0. The molecule has 8 nitrogen and oxygen atoms in total. The fourth-order valence-electron chi connectivity index (χ4n) is 2.98. The van der Waals surface area contributed by atoms with Crippen LogP contribution in [-0.4, -0.2) is 89.1 Å². The van der Waals surface area contributed by atoms with Crippen LogP contribution in [0.4, 0.5) is 0 Å². The number of methoxy groups -OCH3 is 1. The number of amides is 2. The Kier molecular flexibility index (Phi) is 8.68. The normalized spacial score (nSPS) is 16.4. The number of guanidine groups is 1. The summed E-state index contributed by atoms with van der Waals surface area (Å²) in [6, 6.07) is 0. The van der Waals surface area contributed by atoms with Gasteiger partial charge in [0.15, 0.2) is 5.96 Å². The van der Waals surface area contributed by atoms with Crippen LogP contribution in [0.2, 0.25) is 0 Å². The molecule has 1 aliphatic rings. The monoisotopic (exact) mass is 355 g/mol. The molecule has 2 amide bonds. The molecule has 144 valence electrons. The van der Waals surface area contributed by atoms with Crippen LogP contribution in [0.3, 0.4) is 0 Å². The molecule has 0 aromatic carbocycles. The van der Waals surface area contributed by atoms with Crippen molar-refractivity contribution >= 4 is 17.8 Å². The highest BCUT2D eigenvalue weighted by atomic mass is 16.5. The highest BCUT2D eigenvalue weighted by Crippen LogP contribution is 2.38. The van der Waals surface area contributed by atoms with Gasteiger partial charge < -0.3 is 25.2 Å². The van der Waals surface area contributed by atoms with E-state index in [0.29, 0.717) is 25.7 Å². The Labute approximate surface area is 151 Å². The van der Waals surface area contributed by atoms with Gasteiger partial charge in [-0.05, 0) is 12.8 Å². The van der Waals surface area contributed by atoms with Crippen LogP contribution in [0.5, 0.6) is 0 Å². The molecule has 0 bridgehead atoms. The Bertz CT molecular complexity index is 471. The van der Waals surface area contributed by atoms with Crippen molar-refractivity contribution in [2.45, 2.75) is 25.7 Å². The van der Waals surface area contributed by atoms with E-state index in [0.717, 1.165) is 25.7 Å². The molecule has 8 heteroatoms. The van der Waals surface area contributed by atoms with E-state index in [-0.39, 0.29) is 18.4 Å². The first-order valence-corrected chi connectivity index (χ1v) is 8.75. The number of rotatable bonds is 8. The third kappa shape index (κ3) is 6.53. The first-order valence-electron chi connectivity index (χ1n) is 8.75. The molecule has 1 rings (SSSR count). The molecule has 0 radical (unpaired) electrons. The summed E-state index contributed by atoms with van der Waals surface area (Å²) in [5, 5.41) is 6.40. The fraction of sp³-hybridized carbons (Fsp3) is 0.824. The highest BCUT2D eigenvalue weighted by molar-refractivity contribution is 5.86. The second-order valence-corrected chi connectivity index (χ2v) is 6.91. The van der Waals surface area contributed by atoms with Crippen molar-refractivity contribution in [3.05, 3.63) is 0 Å². The molecule has 0 saturated heterocycles. The van der Waals surface area contributed by atoms with Crippen molar-refractivity contribution in [2.24, 2.45) is 10.4 Å². The van der Waals surface area contributed by atoms with Crippen LogP contribution < -0.4 is 10.6 Å². The van der Waals surface area contributed by atoms with Crippen molar-refractivity contribution in [2.75, 3.05) is 61.5 Å². The van der Waals surface area contributed by atoms with Gasteiger partial charge in [-0.2, -0.15) is 0 Å². The Morgan fingerprint density at radius 1 is 1.08 bits per heavy atom. The second-order valence-electron chi connectivity index (χ2n) is 6.91. The van der Waals surface area contributed by atoms with Gasteiger partial charge in [-0.1, -0.05) is 12.8 Å². The van der Waals surface area contributed by atoms with E-state index in [1.165, 1.54) is 4.90 Å². The lowest BCUT2D eigenvalue weighted by Crippen LogP contribution is -2.49. The lowest BCUT2D eigenvalue weighted by molar-refractivity contribution is -0.138. The number of carbonyl (C=O) groups is 2. The molecule has 1 fully saturated rings. The number of carbonyl (C=O) groups excluding carboxylic acids is 2. The predicted molar refractivity (Wildman–Crippen MR) is 98.5 cm³/mol. The summed E-state index contributed by atoms with van der Waals surface area (Å²) in [6.45, 7) is 1.68. The Hall–Kier alpha value is -1.83.